The molecule has 3 unspecified atom stereocenters. The molecule has 0 aliphatic carbocycles. The number of aliphatic hydroxyl groups excluding tert-OH is 1. The summed E-state index contributed by atoms with van der Waals surface area (Å²) in [5.74, 6) is -3.99. The summed E-state index contributed by atoms with van der Waals surface area (Å²) in [5, 5.41) is 10.7. The second-order valence-electron chi connectivity index (χ2n) is 8.10. The Kier molecular flexibility index (Phi) is 6.23. The average Bonchev–Trinajstić information content (AvgIpc) is 2.99. The summed E-state index contributed by atoms with van der Waals surface area (Å²) in [5.41, 5.74) is 0.929. The molecule has 2 aromatic rings. The molecule has 6 nitrogen and oxygen atoms in total. The van der Waals surface area contributed by atoms with Crippen LogP contribution in [0.15, 0.2) is 42.5 Å². The number of alkyl halides is 2. The van der Waals surface area contributed by atoms with Crippen molar-refractivity contribution in [2.75, 3.05) is 18.9 Å². The van der Waals surface area contributed by atoms with Crippen LogP contribution >= 0.6 is 0 Å². The summed E-state index contributed by atoms with van der Waals surface area (Å²) in [6, 6.07) is 8.60. The van der Waals surface area contributed by atoms with E-state index in [1.54, 1.807) is 36.4 Å². The van der Waals surface area contributed by atoms with E-state index in [1.165, 1.54) is 13.0 Å². The lowest BCUT2D eigenvalue weighted by Gasteiger charge is -2.32. The first kappa shape index (κ1) is 23.0. The predicted molar refractivity (Wildman–Crippen MR) is 113 cm³/mol. The van der Waals surface area contributed by atoms with E-state index in [4.69, 9.17) is 4.74 Å². The molecule has 2 N–H and O–H groups in total. The monoisotopic (exact) mass is 470 g/mol. The molecule has 2 heterocycles. The van der Waals surface area contributed by atoms with Crippen LogP contribution in [0, 0.1) is 5.82 Å². The van der Waals surface area contributed by atoms with Crippen LogP contribution in [0.1, 0.15) is 18.9 Å². The summed E-state index contributed by atoms with van der Waals surface area (Å²) >= 11 is 0. The quantitative estimate of drug-likeness (QED) is 0.722. The predicted octanol–water partition coefficient (Wildman–Crippen LogP) is 2.76. The van der Waals surface area contributed by atoms with Gasteiger partial charge in [-0.15, -0.1) is 0 Å². The molecule has 0 radical (unpaired) electrons. The zero-order valence-electron chi connectivity index (χ0n) is 17.5. The van der Waals surface area contributed by atoms with Gasteiger partial charge in [-0.25, -0.2) is 26.3 Å². The van der Waals surface area contributed by atoms with E-state index in [1.807, 2.05) is 0 Å². The van der Waals surface area contributed by atoms with Crippen molar-refractivity contribution in [3.05, 3.63) is 53.8 Å². The van der Waals surface area contributed by atoms with Crippen molar-refractivity contribution < 1.29 is 31.4 Å². The second-order valence-corrected chi connectivity index (χ2v) is 10.1. The first-order valence-corrected chi connectivity index (χ1v) is 12.1. The molecule has 2 aliphatic rings. The largest absolute Gasteiger partial charge is 0.493 e. The van der Waals surface area contributed by atoms with Gasteiger partial charge in [0.25, 0.3) is 5.92 Å². The molecular formula is C22H25F3N2O4S. The van der Waals surface area contributed by atoms with Crippen molar-refractivity contribution in [3.63, 3.8) is 0 Å². The number of hydrogen-bond acceptors (Lipinski definition) is 5. The van der Waals surface area contributed by atoms with Gasteiger partial charge in [0.05, 0.1) is 18.9 Å². The normalized spacial score (nSPS) is 25.7. The number of sulfonamides is 1. The van der Waals surface area contributed by atoms with Crippen LogP contribution in [-0.4, -0.2) is 61.6 Å². The van der Waals surface area contributed by atoms with Gasteiger partial charge in [0.1, 0.15) is 23.8 Å². The van der Waals surface area contributed by atoms with Crippen molar-refractivity contribution in [3.8, 4) is 16.9 Å². The smallest absolute Gasteiger partial charge is 0.278 e. The van der Waals surface area contributed by atoms with Crippen molar-refractivity contribution in [1.29, 1.82) is 0 Å². The molecule has 32 heavy (non-hydrogen) atoms. The summed E-state index contributed by atoms with van der Waals surface area (Å²) < 4.78 is 77.6. The third-order valence-corrected chi connectivity index (χ3v) is 7.42. The maximum atomic E-state index is 15.5. The highest BCUT2D eigenvalue weighted by Crippen LogP contribution is 2.39. The molecule has 3 atom stereocenters. The fourth-order valence-corrected chi connectivity index (χ4v) is 5.24. The molecule has 1 saturated heterocycles. The summed E-state index contributed by atoms with van der Waals surface area (Å²) in [6.07, 6.45) is -1.50. The minimum absolute atomic E-state index is 0.0135. The van der Waals surface area contributed by atoms with Gasteiger partial charge in [0.2, 0.25) is 10.0 Å². The fourth-order valence-electron chi connectivity index (χ4n) is 4.36. The van der Waals surface area contributed by atoms with Crippen LogP contribution in [0.5, 0.6) is 5.75 Å². The van der Waals surface area contributed by atoms with E-state index < -0.39 is 46.6 Å². The lowest BCUT2D eigenvalue weighted by Crippen LogP contribution is -2.53. The number of aliphatic hydroxyl groups is 1. The fraction of sp³-hybridized carbons (Fsp3) is 0.455. The molecule has 10 heteroatoms. The van der Waals surface area contributed by atoms with Crippen LogP contribution in [0.3, 0.4) is 0 Å². The highest BCUT2D eigenvalue weighted by Gasteiger charge is 2.57. The Hall–Kier alpha value is -2.14. The maximum Gasteiger partial charge on any atom is 0.278 e. The van der Waals surface area contributed by atoms with E-state index in [2.05, 4.69) is 4.72 Å². The molecule has 0 saturated carbocycles. The van der Waals surface area contributed by atoms with Gasteiger partial charge in [-0.2, -0.15) is 0 Å². The molecule has 2 aromatic carbocycles. The van der Waals surface area contributed by atoms with Crippen LogP contribution in [0.2, 0.25) is 0 Å². The van der Waals surface area contributed by atoms with Gasteiger partial charge < -0.3 is 9.84 Å². The molecule has 1 fully saturated rings. The number of hydrogen-bond donors (Lipinski definition) is 2. The first-order chi connectivity index (χ1) is 15.1. The van der Waals surface area contributed by atoms with Gasteiger partial charge in [-0.05, 0) is 25.0 Å². The van der Waals surface area contributed by atoms with Crippen molar-refractivity contribution in [2.45, 2.75) is 44.0 Å². The first-order valence-electron chi connectivity index (χ1n) is 10.4. The van der Waals surface area contributed by atoms with E-state index >= 15 is 4.39 Å². The summed E-state index contributed by atoms with van der Waals surface area (Å²) in [7, 11) is -3.97. The SMILES string of the molecule is CCS(=O)(=O)NC1C2Cc3cccc(c3F)-c3ccccc3OCCC(O)N2CC1(F)F. The number of fused-ring (bicyclic) bond motifs is 5. The lowest BCUT2D eigenvalue weighted by molar-refractivity contribution is -0.0453. The third-order valence-electron chi connectivity index (χ3n) is 6.05. The lowest BCUT2D eigenvalue weighted by atomic mass is 9.94. The van der Waals surface area contributed by atoms with Crippen molar-refractivity contribution >= 4 is 10.0 Å². The maximum absolute atomic E-state index is 15.5. The Morgan fingerprint density at radius 2 is 1.91 bits per heavy atom. The van der Waals surface area contributed by atoms with Crippen LogP contribution in [0.4, 0.5) is 13.2 Å². The highest BCUT2D eigenvalue weighted by molar-refractivity contribution is 7.89. The minimum atomic E-state index is -3.97. The Balaban J connectivity index is 1.81. The number of nitrogens with zero attached hydrogens (tertiary/aromatic N) is 1. The van der Waals surface area contributed by atoms with Gasteiger partial charge in [-0.3, -0.25) is 4.90 Å². The molecule has 4 rings (SSSR count). The zero-order chi connectivity index (χ0) is 23.1. The summed E-state index contributed by atoms with van der Waals surface area (Å²) in [4.78, 5) is 1.14. The Bertz CT molecular complexity index is 1100. The van der Waals surface area contributed by atoms with Gasteiger partial charge in [0.15, 0.2) is 0 Å². The molecule has 0 aromatic heterocycles. The van der Waals surface area contributed by atoms with Crippen LogP contribution in [0.25, 0.3) is 11.1 Å². The highest BCUT2D eigenvalue weighted by atomic mass is 32.2. The third kappa shape index (κ3) is 4.36. The second kappa shape index (κ2) is 8.66. The Morgan fingerprint density at radius 1 is 1.19 bits per heavy atom. The summed E-state index contributed by atoms with van der Waals surface area (Å²) in [6.45, 7) is 0.508. The number of para-hydroxylation sites is 1. The molecule has 2 bridgehead atoms. The molecular weight excluding hydrogens is 445 g/mol. The molecule has 0 spiro atoms. The van der Waals surface area contributed by atoms with Gasteiger partial charge >= 0.3 is 0 Å². The standard InChI is InChI=1S/C22H25F3N2O4S/c1-2-32(29,30)26-21-17-12-14-6-5-8-16(20(14)23)15-7-3-4-9-18(15)31-11-10-19(28)27(17)13-22(21,24)25/h3-9,17,19,21,26,28H,2,10-13H2,1H3. The van der Waals surface area contributed by atoms with Crippen LogP contribution in [-0.2, 0) is 16.4 Å². The van der Waals surface area contributed by atoms with Crippen LogP contribution < -0.4 is 9.46 Å². The number of ether oxygens (including phenoxy) is 1. The van der Waals surface area contributed by atoms with E-state index in [9.17, 15) is 22.3 Å². The minimum Gasteiger partial charge on any atom is -0.493 e. The van der Waals surface area contributed by atoms with Gasteiger partial charge in [0, 0.05) is 23.6 Å². The van der Waals surface area contributed by atoms with Crippen molar-refractivity contribution in [2.24, 2.45) is 0 Å². The van der Waals surface area contributed by atoms with E-state index in [-0.39, 0.29) is 36.3 Å². The Labute approximate surface area is 185 Å². The number of nitrogens with one attached hydrogen (secondary N) is 1. The Morgan fingerprint density at radius 3 is 2.66 bits per heavy atom. The average molecular weight is 471 g/mol. The van der Waals surface area contributed by atoms with Crippen molar-refractivity contribution in [1.82, 2.24) is 9.62 Å². The number of benzene rings is 2. The molecule has 2 aliphatic heterocycles. The van der Waals surface area contributed by atoms with Gasteiger partial charge in [-0.1, -0.05) is 36.4 Å². The van der Waals surface area contributed by atoms with E-state index in [0.29, 0.717) is 11.3 Å². The zero-order valence-corrected chi connectivity index (χ0v) is 18.3. The van der Waals surface area contributed by atoms with E-state index in [0.717, 1.165) is 4.90 Å². The number of halogens is 3. The number of rotatable bonds is 3. The topological polar surface area (TPSA) is 78.9 Å². The molecule has 0 amide bonds. The molecule has 174 valence electrons.